The molecule has 96 valence electrons. The van der Waals surface area contributed by atoms with Gasteiger partial charge in [-0.2, -0.15) is 0 Å². The Hall–Kier alpha value is -0.970. The Morgan fingerprint density at radius 2 is 2.12 bits per heavy atom. The van der Waals surface area contributed by atoms with Gasteiger partial charge >= 0.3 is 0 Å². The Kier molecular flexibility index (Phi) is 6.11. The zero-order valence-corrected chi connectivity index (χ0v) is 11.6. The number of aromatic nitrogens is 2. The van der Waals surface area contributed by atoms with Crippen LogP contribution in [0.1, 0.15) is 51.5 Å². The van der Waals surface area contributed by atoms with Crippen LogP contribution in [0.4, 0.5) is 5.13 Å². The molecule has 0 spiro atoms. The molecular weight excluding hydrogens is 234 g/mol. The van der Waals surface area contributed by atoms with Gasteiger partial charge in [0.1, 0.15) is 5.01 Å². The lowest BCUT2D eigenvalue weighted by Crippen LogP contribution is -2.19. The number of carbonyl (C=O) groups is 1. The van der Waals surface area contributed by atoms with Crippen LogP contribution in [0.15, 0.2) is 0 Å². The zero-order valence-electron chi connectivity index (χ0n) is 10.8. The Labute approximate surface area is 107 Å². The zero-order chi connectivity index (χ0) is 12.7. The third kappa shape index (κ3) is 4.81. The summed E-state index contributed by atoms with van der Waals surface area (Å²) in [5, 5.41) is 12.5. The molecule has 0 bridgehead atoms. The lowest BCUT2D eigenvalue weighted by Gasteiger charge is -2.06. The minimum Gasteiger partial charge on any atom is -0.300 e. The second kappa shape index (κ2) is 7.37. The minimum atomic E-state index is 0.0300. The summed E-state index contributed by atoms with van der Waals surface area (Å²) in [5.74, 6) is 0.0613. The first kappa shape index (κ1) is 14.1. The largest absolute Gasteiger partial charge is 0.300 e. The Morgan fingerprint density at radius 1 is 1.35 bits per heavy atom. The van der Waals surface area contributed by atoms with Gasteiger partial charge in [0.05, 0.1) is 0 Å². The molecule has 1 atom stereocenters. The van der Waals surface area contributed by atoms with E-state index in [0.29, 0.717) is 5.13 Å². The van der Waals surface area contributed by atoms with E-state index in [1.165, 1.54) is 24.2 Å². The number of hydrogen-bond acceptors (Lipinski definition) is 4. The Morgan fingerprint density at radius 3 is 2.76 bits per heavy atom. The van der Waals surface area contributed by atoms with Gasteiger partial charge in [-0.25, -0.2) is 0 Å². The number of carbonyl (C=O) groups excluding carboxylic acids is 1. The van der Waals surface area contributed by atoms with Crippen LogP contribution in [0.3, 0.4) is 0 Å². The summed E-state index contributed by atoms with van der Waals surface area (Å²) < 4.78 is 0. The van der Waals surface area contributed by atoms with Crippen LogP contribution in [0.5, 0.6) is 0 Å². The summed E-state index contributed by atoms with van der Waals surface area (Å²) in [6, 6.07) is 0. The van der Waals surface area contributed by atoms with E-state index in [-0.39, 0.29) is 11.8 Å². The minimum absolute atomic E-state index is 0.0300. The first-order chi connectivity index (χ1) is 8.17. The van der Waals surface area contributed by atoms with Crippen LogP contribution < -0.4 is 5.32 Å². The number of nitrogens with one attached hydrogen (secondary N) is 1. The van der Waals surface area contributed by atoms with Crippen LogP contribution in [0.2, 0.25) is 0 Å². The van der Waals surface area contributed by atoms with E-state index in [1.807, 2.05) is 13.8 Å². The highest BCUT2D eigenvalue weighted by atomic mass is 32.1. The molecule has 1 N–H and O–H groups in total. The number of aryl methyl sites for hydroxylation is 1. The van der Waals surface area contributed by atoms with E-state index in [0.717, 1.165) is 24.3 Å². The fourth-order valence-electron chi connectivity index (χ4n) is 1.35. The summed E-state index contributed by atoms with van der Waals surface area (Å²) in [6.45, 7) is 6.09. The van der Waals surface area contributed by atoms with Crippen LogP contribution in [0, 0.1) is 5.92 Å². The molecule has 1 aromatic heterocycles. The van der Waals surface area contributed by atoms with Gasteiger partial charge in [0.15, 0.2) is 0 Å². The van der Waals surface area contributed by atoms with Gasteiger partial charge in [-0.05, 0) is 12.8 Å². The first-order valence-electron chi connectivity index (χ1n) is 6.30. The molecule has 0 saturated heterocycles. The molecule has 0 fully saturated rings. The highest BCUT2D eigenvalue weighted by Gasteiger charge is 2.13. The molecule has 0 aliphatic rings. The fraction of sp³-hybridized carbons (Fsp3) is 0.750. The Bertz CT molecular complexity index is 351. The molecule has 5 heteroatoms. The molecule has 1 aromatic rings. The molecule has 1 amide bonds. The molecule has 17 heavy (non-hydrogen) atoms. The quantitative estimate of drug-likeness (QED) is 0.761. The lowest BCUT2D eigenvalue weighted by atomic mass is 10.1. The summed E-state index contributed by atoms with van der Waals surface area (Å²) >= 11 is 1.49. The number of anilines is 1. The molecule has 0 radical (unpaired) electrons. The highest BCUT2D eigenvalue weighted by molar-refractivity contribution is 7.15. The number of hydrogen-bond donors (Lipinski definition) is 1. The van der Waals surface area contributed by atoms with Crippen molar-refractivity contribution in [1.82, 2.24) is 10.2 Å². The van der Waals surface area contributed by atoms with Gasteiger partial charge in [0.2, 0.25) is 11.0 Å². The number of amides is 1. The van der Waals surface area contributed by atoms with E-state index in [2.05, 4.69) is 22.4 Å². The second-order valence-electron chi connectivity index (χ2n) is 4.26. The third-order valence-corrected chi connectivity index (χ3v) is 3.65. The number of unbranched alkanes of at least 4 members (excludes halogenated alkanes) is 2. The predicted molar refractivity (Wildman–Crippen MR) is 71.2 cm³/mol. The normalized spacial score (nSPS) is 12.4. The molecular formula is C12H21N3OS. The van der Waals surface area contributed by atoms with E-state index in [4.69, 9.17) is 0 Å². The van der Waals surface area contributed by atoms with Crippen molar-refractivity contribution in [3.8, 4) is 0 Å². The molecule has 1 heterocycles. The van der Waals surface area contributed by atoms with Crippen LogP contribution in [0.25, 0.3) is 0 Å². The maximum Gasteiger partial charge on any atom is 0.229 e. The van der Waals surface area contributed by atoms with Crippen molar-refractivity contribution in [1.29, 1.82) is 0 Å². The second-order valence-corrected chi connectivity index (χ2v) is 5.32. The van der Waals surface area contributed by atoms with Gasteiger partial charge < -0.3 is 5.32 Å². The molecule has 4 nitrogen and oxygen atoms in total. The standard InChI is InChI=1S/C12H21N3OS/c1-4-6-7-8-10-14-15-12(17-10)13-11(16)9(3)5-2/h9H,4-8H2,1-3H3,(H,13,15,16). The summed E-state index contributed by atoms with van der Waals surface area (Å²) in [6.07, 6.45) is 5.37. The number of nitrogens with zero attached hydrogens (tertiary/aromatic N) is 2. The van der Waals surface area contributed by atoms with Crippen LogP contribution in [-0.2, 0) is 11.2 Å². The van der Waals surface area contributed by atoms with Crippen molar-refractivity contribution in [2.75, 3.05) is 5.32 Å². The maximum atomic E-state index is 11.6. The van der Waals surface area contributed by atoms with E-state index in [9.17, 15) is 4.79 Å². The maximum absolute atomic E-state index is 11.6. The van der Waals surface area contributed by atoms with Crippen molar-refractivity contribution in [2.24, 2.45) is 5.92 Å². The van der Waals surface area contributed by atoms with E-state index < -0.39 is 0 Å². The molecule has 0 saturated carbocycles. The molecule has 1 unspecified atom stereocenters. The average Bonchev–Trinajstić information content (AvgIpc) is 2.76. The molecule has 0 aliphatic carbocycles. The van der Waals surface area contributed by atoms with Crippen molar-refractivity contribution < 1.29 is 4.79 Å². The van der Waals surface area contributed by atoms with Crippen molar-refractivity contribution in [3.05, 3.63) is 5.01 Å². The van der Waals surface area contributed by atoms with Gasteiger partial charge in [-0.3, -0.25) is 4.79 Å². The van der Waals surface area contributed by atoms with Crippen molar-refractivity contribution in [2.45, 2.75) is 52.9 Å². The van der Waals surface area contributed by atoms with Crippen LogP contribution >= 0.6 is 11.3 Å². The summed E-state index contributed by atoms with van der Waals surface area (Å²) in [7, 11) is 0. The highest BCUT2D eigenvalue weighted by Crippen LogP contribution is 2.18. The van der Waals surface area contributed by atoms with E-state index in [1.54, 1.807) is 0 Å². The monoisotopic (exact) mass is 255 g/mol. The van der Waals surface area contributed by atoms with Crippen LogP contribution in [-0.4, -0.2) is 16.1 Å². The molecule has 1 rings (SSSR count). The summed E-state index contributed by atoms with van der Waals surface area (Å²) in [5.41, 5.74) is 0. The topological polar surface area (TPSA) is 54.9 Å². The Balaban J connectivity index is 2.42. The smallest absolute Gasteiger partial charge is 0.229 e. The van der Waals surface area contributed by atoms with Gasteiger partial charge in [0.25, 0.3) is 0 Å². The van der Waals surface area contributed by atoms with Gasteiger partial charge in [-0.1, -0.05) is 44.9 Å². The predicted octanol–water partition coefficient (Wildman–Crippen LogP) is 3.26. The van der Waals surface area contributed by atoms with Crippen molar-refractivity contribution >= 4 is 22.4 Å². The number of rotatable bonds is 7. The average molecular weight is 255 g/mol. The van der Waals surface area contributed by atoms with Gasteiger partial charge in [-0.15, -0.1) is 10.2 Å². The lowest BCUT2D eigenvalue weighted by molar-refractivity contribution is -0.119. The summed E-state index contributed by atoms with van der Waals surface area (Å²) in [4.78, 5) is 11.6. The van der Waals surface area contributed by atoms with Gasteiger partial charge in [0, 0.05) is 12.3 Å². The SMILES string of the molecule is CCCCCc1nnc(NC(=O)C(C)CC)s1. The molecule has 0 aromatic carbocycles. The first-order valence-corrected chi connectivity index (χ1v) is 7.12. The van der Waals surface area contributed by atoms with Crippen molar-refractivity contribution in [3.63, 3.8) is 0 Å². The van der Waals surface area contributed by atoms with E-state index >= 15 is 0 Å². The molecule has 0 aliphatic heterocycles. The third-order valence-electron chi connectivity index (χ3n) is 2.75. The fourth-order valence-corrected chi connectivity index (χ4v) is 2.13.